The van der Waals surface area contributed by atoms with E-state index in [1.165, 1.54) is 37.7 Å². The van der Waals surface area contributed by atoms with Gasteiger partial charge in [-0.1, -0.05) is 31.4 Å². The predicted octanol–water partition coefficient (Wildman–Crippen LogP) is 3.28. The van der Waals surface area contributed by atoms with Crippen LogP contribution in [0.4, 0.5) is 11.8 Å². The summed E-state index contributed by atoms with van der Waals surface area (Å²) in [4.78, 5) is 4.51. The van der Waals surface area contributed by atoms with Crippen molar-refractivity contribution in [2.45, 2.75) is 44.6 Å². The molecule has 1 heterocycles. The second-order valence-electron chi connectivity index (χ2n) is 6.17. The van der Waals surface area contributed by atoms with Gasteiger partial charge in [-0.3, -0.25) is 0 Å². The van der Waals surface area contributed by atoms with E-state index in [9.17, 15) is 0 Å². The molecule has 128 valence electrons. The van der Waals surface area contributed by atoms with Crippen molar-refractivity contribution < 1.29 is 4.74 Å². The lowest BCUT2D eigenvalue weighted by atomic mass is 9.96. The number of nitrogens with one attached hydrogen (secondary N) is 2. The normalized spacial score (nSPS) is 15.0. The van der Waals surface area contributed by atoms with E-state index in [2.05, 4.69) is 37.9 Å². The Bertz CT molecular complexity index is 626. The van der Waals surface area contributed by atoms with Crippen LogP contribution in [0.1, 0.15) is 37.7 Å². The zero-order valence-corrected chi connectivity index (χ0v) is 14.2. The van der Waals surface area contributed by atoms with Gasteiger partial charge in [0, 0.05) is 12.6 Å². The highest BCUT2D eigenvalue weighted by molar-refractivity contribution is 5.38. The molecule has 0 bridgehead atoms. The van der Waals surface area contributed by atoms with Gasteiger partial charge in [-0.2, -0.15) is 10.1 Å². The van der Waals surface area contributed by atoms with Gasteiger partial charge in [-0.15, -0.1) is 5.10 Å². The van der Waals surface area contributed by atoms with Crippen LogP contribution in [-0.2, 0) is 6.42 Å². The minimum atomic E-state index is 0.482. The number of methoxy groups -OCH3 is 1. The molecule has 0 saturated heterocycles. The Kier molecular flexibility index (Phi) is 5.82. The molecule has 0 radical (unpaired) electrons. The van der Waals surface area contributed by atoms with Crippen LogP contribution in [0.5, 0.6) is 5.75 Å². The largest absolute Gasteiger partial charge is 0.497 e. The van der Waals surface area contributed by atoms with E-state index in [-0.39, 0.29) is 0 Å². The molecule has 2 aromatic rings. The molecule has 1 aliphatic carbocycles. The summed E-state index contributed by atoms with van der Waals surface area (Å²) >= 11 is 0. The first kappa shape index (κ1) is 16.5. The van der Waals surface area contributed by atoms with Crippen LogP contribution in [0.25, 0.3) is 0 Å². The minimum absolute atomic E-state index is 0.482. The number of hydrogen-bond donors (Lipinski definition) is 2. The molecule has 0 amide bonds. The van der Waals surface area contributed by atoms with E-state index in [1.54, 1.807) is 13.3 Å². The van der Waals surface area contributed by atoms with Crippen LogP contribution in [-0.4, -0.2) is 34.9 Å². The summed E-state index contributed by atoms with van der Waals surface area (Å²) < 4.78 is 5.17. The standard InChI is InChI=1S/C18H25N5O/c1-24-16-9-7-14(8-10-16)11-12-19-17-13-20-23-18(22-17)21-15-5-3-2-4-6-15/h7-10,13,15H,2-6,11-12H2,1H3,(H2,19,21,22,23). The Labute approximate surface area is 143 Å². The molecule has 0 atom stereocenters. The molecule has 1 aromatic carbocycles. The molecule has 1 aromatic heterocycles. The summed E-state index contributed by atoms with van der Waals surface area (Å²) in [6, 6.07) is 8.60. The van der Waals surface area contributed by atoms with Gasteiger partial charge in [0.1, 0.15) is 5.75 Å². The fourth-order valence-corrected chi connectivity index (χ4v) is 3.01. The fraction of sp³-hybridized carbons (Fsp3) is 0.500. The summed E-state index contributed by atoms with van der Waals surface area (Å²) in [5.74, 6) is 2.26. The molecule has 24 heavy (non-hydrogen) atoms. The average molecular weight is 327 g/mol. The summed E-state index contributed by atoms with van der Waals surface area (Å²) in [6.07, 6.45) is 8.87. The van der Waals surface area contributed by atoms with Crippen molar-refractivity contribution in [3.63, 3.8) is 0 Å². The lowest BCUT2D eigenvalue weighted by Gasteiger charge is -2.22. The summed E-state index contributed by atoms with van der Waals surface area (Å²) in [5, 5.41) is 14.9. The fourth-order valence-electron chi connectivity index (χ4n) is 3.01. The SMILES string of the molecule is COc1ccc(CCNc2cnnc(NC3CCCCC3)n2)cc1. The highest BCUT2D eigenvalue weighted by Crippen LogP contribution is 2.20. The van der Waals surface area contributed by atoms with Gasteiger partial charge in [0.15, 0.2) is 5.82 Å². The molecule has 1 aliphatic rings. The smallest absolute Gasteiger partial charge is 0.244 e. The van der Waals surface area contributed by atoms with Gasteiger partial charge in [-0.05, 0) is 37.0 Å². The first-order chi connectivity index (χ1) is 11.8. The van der Waals surface area contributed by atoms with Gasteiger partial charge in [0.05, 0.1) is 13.3 Å². The van der Waals surface area contributed by atoms with Crippen molar-refractivity contribution in [2.24, 2.45) is 0 Å². The molecule has 3 rings (SSSR count). The van der Waals surface area contributed by atoms with Crippen LogP contribution in [0.15, 0.2) is 30.5 Å². The molecular formula is C18H25N5O. The van der Waals surface area contributed by atoms with Crippen molar-refractivity contribution in [1.29, 1.82) is 0 Å². The Hall–Kier alpha value is -2.37. The van der Waals surface area contributed by atoms with Crippen LogP contribution in [0.2, 0.25) is 0 Å². The summed E-state index contributed by atoms with van der Waals surface area (Å²) in [5.41, 5.74) is 1.26. The van der Waals surface area contributed by atoms with Crippen LogP contribution < -0.4 is 15.4 Å². The molecule has 0 aliphatic heterocycles. The molecule has 2 N–H and O–H groups in total. The number of aromatic nitrogens is 3. The molecule has 1 saturated carbocycles. The van der Waals surface area contributed by atoms with Crippen molar-refractivity contribution in [2.75, 3.05) is 24.3 Å². The average Bonchev–Trinajstić information content (AvgIpc) is 2.63. The highest BCUT2D eigenvalue weighted by atomic mass is 16.5. The Balaban J connectivity index is 1.48. The van der Waals surface area contributed by atoms with E-state index in [1.807, 2.05) is 12.1 Å². The monoisotopic (exact) mass is 327 g/mol. The van der Waals surface area contributed by atoms with Crippen LogP contribution in [0.3, 0.4) is 0 Å². The number of anilines is 2. The number of hydrogen-bond acceptors (Lipinski definition) is 6. The third-order valence-electron chi connectivity index (χ3n) is 4.38. The maximum atomic E-state index is 5.17. The molecule has 0 unspecified atom stereocenters. The van der Waals surface area contributed by atoms with E-state index < -0.39 is 0 Å². The van der Waals surface area contributed by atoms with Crippen LogP contribution in [0, 0.1) is 0 Å². The number of nitrogens with zero attached hydrogens (tertiary/aromatic N) is 3. The topological polar surface area (TPSA) is 72.0 Å². The number of benzene rings is 1. The van der Waals surface area contributed by atoms with Crippen molar-refractivity contribution >= 4 is 11.8 Å². The van der Waals surface area contributed by atoms with E-state index in [4.69, 9.17) is 4.74 Å². The second-order valence-corrected chi connectivity index (χ2v) is 6.17. The van der Waals surface area contributed by atoms with Crippen LogP contribution >= 0.6 is 0 Å². The first-order valence-corrected chi connectivity index (χ1v) is 8.66. The third-order valence-corrected chi connectivity index (χ3v) is 4.38. The van der Waals surface area contributed by atoms with Gasteiger partial charge in [0.2, 0.25) is 5.95 Å². The van der Waals surface area contributed by atoms with E-state index in [0.717, 1.165) is 24.5 Å². The first-order valence-electron chi connectivity index (χ1n) is 8.66. The Morgan fingerprint density at radius 3 is 2.67 bits per heavy atom. The highest BCUT2D eigenvalue weighted by Gasteiger charge is 2.14. The van der Waals surface area contributed by atoms with Crippen molar-refractivity contribution in [3.05, 3.63) is 36.0 Å². The van der Waals surface area contributed by atoms with Gasteiger partial charge >= 0.3 is 0 Å². The molecular weight excluding hydrogens is 302 g/mol. The molecule has 1 fully saturated rings. The Morgan fingerprint density at radius 1 is 1.12 bits per heavy atom. The third kappa shape index (κ3) is 4.81. The van der Waals surface area contributed by atoms with Crippen molar-refractivity contribution in [1.82, 2.24) is 15.2 Å². The quantitative estimate of drug-likeness (QED) is 0.813. The summed E-state index contributed by atoms with van der Waals surface area (Å²) in [7, 11) is 1.68. The summed E-state index contributed by atoms with van der Waals surface area (Å²) in [6.45, 7) is 0.799. The van der Waals surface area contributed by atoms with Crippen molar-refractivity contribution in [3.8, 4) is 5.75 Å². The minimum Gasteiger partial charge on any atom is -0.497 e. The maximum Gasteiger partial charge on any atom is 0.244 e. The zero-order valence-electron chi connectivity index (χ0n) is 14.2. The maximum absolute atomic E-state index is 5.17. The lowest BCUT2D eigenvalue weighted by Crippen LogP contribution is -2.24. The van der Waals surface area contributed by atoms with Gasteiger partial charge in [0.25, 0.3) is 0 Å². The Morgan fingerprint density at radius 2 is 1.92 bits per heavy atom. The molecule has 6 nitrogen and oxygen atoms in total. The molecule has 0 spiro atoms. The van der Waals surface area contributed by atoms with E-state index in [0.29, 0.717) is 12.0 Å². The number of rotatable bonds is 7. The van der Waals surface area contributed by atoms with Gasteiger partial charge in [-0.25, -0.2) is 0 Å². The zero-order chi connectivity index (χ0) is 16.6. The second kappa shape index (κ2) is 8.47. The predicted molar refractivity (Wildman–Crippen MR) is 95.5 cm³/mol. The lowest BCUT2D eigenvalue weighted by molar-refractivity contribution is 0.414. The van der Waals surface area contributed by atoms with Gasteiger partial charge < -0.3 is 15.4 Å². The molecule has 6 heteroatoms. The van der Waals surface area contributed by atoms with E-state index >= 15 is 0 Å². The number of ether oxygens (including phenoxy) is 1.